The first-order valence-electron chi connectivity index (χ1n) is 2.63. The van der Waals surface area contributed by atoms with E-state index in [1.165, 1.54) is 0 Å². The fraction of sp³-hybridized carbons (Fsp3) is 0.800. The van der Waals surface area contributed by atoms with Gasteiger partial charge in [0.05, 0.1) is 0 Å². The maximum absolute atomic E-state index is 10.0. The number of carboxylic acid groups (broad SMARTS) is 1. The van der Waals surface area contributed by atoms with Crippen LogP contribution in [0.4, 0.5) is 4.79 Å². The highest BCUT2D eigenvalue weighted by Gasteiger charge is 2.17. The van der Waals surface area contributed by atoms with Crippen molar-refractivity contribution in [2.45, 2.75) is 26.1 Å². The van der Waals surface area contributed by atoms with E-state index in [2.05, 4.69) is 0 Å². The maximum atomic E-state index is 10.0. The molecule has 0 aliphatic carbocycles. The highest BCUT2D eigenvalue weighted by molar-refractivity contribution is 6.73. The molecule has 2 nitrogen and oxygen atoms in total. The highest BCUT2D eigenvalue weighted by Crippen LogP contribution is 2.19. The lowest BCUT2D eigenvalue weighted by Gasteiger charge is -2.11. The van der Waals surface area contributed by atoms with Gasteiger partial charge >= 0.3 is 0 Å². The summed E-state index contributed by atoms with van der Waals surface area (Å²) in [6, 6.07) is 0. The van der Waals surface area contributed by atoms with Crippen LogP contribution in [0.1, 0.15) is 20.8 Å². The zero-order chi connectivity index (χ0) is 6.78. The molecule has 46 valence electrons. The van der Waals surface area contributed by atoms with Crippen molar-refractivity contribution in [2.24, 2.45) is 0 Å². The van der Waals surface area contributed by atoms with Gasteiger partial charge in [-0.05, 0) is 0 Å². The lowest BCUT2D eigenvalue weighted by molar-refractivity contribution is 0.219. The van der Waals surface area contributed by atoms with E-state index in [1.807, 2.05) is 20.8 Å². The molecule has 0 fully saturated rings. The molecule has 0 saturated carbocycles. The topological polar surface area (TPSA) is 37.3 Å². The molecule has 0 spiro atoms. The van der Waals surface area contributed by atoms with Crippen molar-refractivity contribution in [2.75, 3.05) is 0 Å². The van der Waals surface area contributed by atoms with E-state index >= 15 is 0 Å². The summed E-state index contributed by atoms with van der Waals surface area (Å²) in [4.78, 5) is 10.0. The van der Waals surface area contributed by atoms with Crippen LogP contribution in [0.3, 0.4) is 0 Å². The fourth-order valence-electron chi connectivity index (χ4n) is 0.454. The molecule has 0 unspecified atom stereocenters. The van der Waals surface area contributed by atoms with Gasteiger partial charge < -0.3 is 5.11 Å². The number of hydrogen-bond donors (Lipinski definition) is 1. The van der Waals surface area contributed by atoms with Crippen LogP contribution in [-0.4, -0.2) is 18.3 Å². The van der Waals surface area contributed by atoms with Crippen LogP contribution >= 0.6 is 0 Å². The SMILES string of the molecule is CC(C)(C)BC(=O)O. The molecule has 0 bridgehead atoms. The second-order valence-corrected chi connectivity index (χ2v) is 3.13. The van der Waals surface area contributed by atoms with Crippen LogP contribution in [0.25, 0.3) is 0 Å². The maximum Gasteiger partial charge on any atom is 0.265 e. The molecule has 8 heavy (non-hydrogen) atoms. The minimum absolute atomic E-state index is 0.0775. The van der Waals surface area contributed by atoms with Gasteiger partial charge in [-0.25, -0.2) is 0 Å². The molecule has 0 aromatic carbocycles. The molecule has 0 heterocycles. The van der Waals surface area contributed by atoms with Gasteiger partial charge in [0.15, 0.2) is 0 Å². The minimum atomic E-state index is -0.725. The third-order valence-electron chi connectivity index (χ3n) is 0.682. The van der Waals surface area contributed by atoms with E-state index in [-0.39, 0.29) is 12.6 Å². The van der Waals surface area contributed by atoms with Crippen LogP contribution < -0.4 is 0 Å². The lowest BCUT2D eigenvalue weighted by atomic mass is 9.55. The standard InChI is InChI=1S/C5H11BO2/c1-5(2,3)6-4(7)8/h6H,1-3H3,(H,7,8). The summed E-state index contributed by atoms with van der Waals surface area (Å²) < 4.78 is 0. The molecule has 3 heteroatoms. The van der Waals surface area contributed by atoms with Gasteiger partial charge in [-0.15, -0.1) is 0 Å². The molecular weight excluding hydrogens is 103 g/mol. The summed E-state index contributed by atoms with van der Waals surface area (Å²) in [7, 11) is 0.243. The largest absolute Gasteiger partial charge is 0.489 e. The van der Waals surface area contributed by atoms with Crippen molar-refractivity contribution in [3.05, 3.63) is 0 Å². The molecule has 0 aliphatic heterocycles. The number of carbonyl (C=O) groups is 1. The lowest BCUT2D eigenvalue weighted by Crippen LogP contribution is -2.16. The number of hydrogen-bond acceptors (Lipinski definition) is 1. The summed E-state index contributed by atoms with van der Waals surface area (Å²) in [6.07, 6.45) is 0. The molecule has 0 saturated heterocycles. The smallest absolute Gasteiger partial charge is 0.265 e. The second kappa shape index (κ2) is 2.20. The summed E-state index contributed by atoms with van der Waals surface area (Å²) in [5, 5.41) is 8.17. The van der Waals surface area contributed by atoms with Crippen molar-refractivity contribution < 1.29 is 9.90 Å². The Morgan fingerprint density at radius 3 is 1.88 bits per heavy atom. The first kappa shape index (κ1) is 7.53. The van der Waals surface area contributed by atoms with Crippen LogP contribution in [0.15, 0.2) is 0 Å². The van der Waals surface area contributed by atoms with Gasteiger partial charge in [0, 0.05) is 0 Å². The van der Waals surface area contributed by atoms with E-state index in [0.717, 1.165) is 0 Å². The van der Waals surface area contributed by atoms with Gasteiger partial charge in [-0.1, -0.05) is 26.1 Å². The zero-order valence-corrected chi connectivity index (χ0v) is 5.56. The monoisotopic (exact) mass is 114 g/mol. The summed E-state index contributed by atoms with van der Waals surface area (Å²) >= 11 is 0. The van der Waals surface area contributed by atoms with Crippen LogP contribution in [0.5, 0.6) is 0 Å². The molecule has 1 N–H and O–H groups in total. The Kier molecular flexibility index (Phi) is 2.07. The van der Waals surface area contributed by atoms with Crippen molar-refractivity contribution >= 4 is 13.1 Å². The van der Waals surface area contributed by atoms with Crippen LogP contribution in [0, 0.1) is 0 Å². The second-order valence-electron chi connectivity index (χ2n) is 3.13. The Balaban J connectivity index is 3.55. The molecule has 0 aromatic rings. The molecule has 0 aliphatic rings. The highest BCUT2D eigenvalue weighted by atomic mass is 16.4. The van der Waals surface area contributed by atoms with Crippen LogP contribution in [0.2, 0.25) is 5.31 Å². The molecule has 0 rings (SSSR count). The third-order valence-corrected chi connectivity index (χ3v) is 0.682. The van der Waals surface area contributed by atoms with Crippen LogP contribution in [-0.2, 0) is 0 Å². The first-order chi connectivity index (χ1) is 3.42. The van der Waals surface area contributed by atoms with Gasteiger partial charge in [0.1, 0.15) is 0 Å². The molecule has 0 aromatic heterocycles. The Labute approximate surface area is 50.1 Å². The quantitative estimate of drug-likeness (QED) is 0.522. The Morgan fingerprint density at radius 2 is 1.88 bits per heavy atom. The van der Waals surface area contributed by atoms with E-state index in [4.69, 9.17) is 5.11 Å². The molecule has 0 amide bonds. The third kappa shape index (κ3) is 5.53. The molecule has 0 radical (unpaired) electrons. The summed E-state index contributed by atoms with van der Waals surface area (Å²) in [5.41, 5.74) is 0. The molecule has 0 atom stereocenters. The van der Waals surface area contributed by atoms with Gasteiger partial charge in [0.25, 0.3) is 7.28 Å². The van der Waals surface area contributed by atoms with Crippen molar-refractivity contribution in [3.63, 3.8) is 0 Å². The van der Waals surface area contributed by atoms with Gasteiger partial charge in [-0.2, -0.15) is 0 Å². The predicted octanol–water partition coefficient (Wildman–Crippen LogP) is 1.32. The fourth-order valence-corrected chi connectivity index (χ4v) is 0.454. The van der Waals surface area contributed by atoms with E-state index < -0.39 is 5.87 Å². The van der Waals surface area contributed by atoms with Crippen molar-refractivity contribution in [1.82, 2.24) is 0 Å². The normalized spacial score (nSPS) is 10.9. The number of rotatable bonds is 1. The Morgan fingerprint density at radius 1 is 1.50 bits per heavy atom. The summed E-state index contributed by atoms with van der Waals surface area (Å²) in [6.45, 7) is 5.71. The average Bonchev–Trinajstić information content (AvgIpc) is 1.21. The zero-order valence-electron chi connectivity index (χ0n) is 5.56. The Hall–Kier alpha value is -0.465. The Bertz CT molecular complexity index is 93.1. The molecular formula is C5H11BO2. The summed E-state index contributed by atoms with van der Waals surface area (Å²) in [5.74, 6) is -0.725. The first-order valence-corrected chi connectivity index (χ1v) is 2.63. The van der Waals surface area contributed by atoms with E-state index in [9.17, 15) is 4.79 Å². The van der Waals surface area contributed by atoms with Gasteiger partial charge in [-0.3, -0.25) is 4.79 Å². The average molecular weight is 114 g/mol. The van der Waals surface area contributed by atoms with Gasteiger partial charge in [0.2, 0.25) is 5.87 Å². The van der Waals surface area contributed by atoms with E-state index in [1.54, 1.807) is 0 Å². The van der Waals surface area contributed by atoms with E-state index in [0.29, 0.717) is 0 Å². The predicted molar refractivity (Wildman–Crippen MR) is 34.9 cm³/mol. The minimum Gasteiger partial charge on any atom is -0.489 e. The van der Waals surface area contributed by atoms with Crippen molar-refractivity contribution in [1.29, 1.82) is 0 Å². The van der Waals surface area contributed by atoms with Crippen molar-refractivity contribution in [3.8, 4) is 0 Å².